The van der Waals surface area contributed by atoms with Gasteiger partial charge in [-0.05, 0) is 44.6 Å². The lowest BCUT2D eigenvalue weighted by Gasteiger charge is -2.17. The number of benzene rings is 3. The minimum absolute atomic E-state index is 0. The summed E-state index contributed by atoms with van der Waals surface area (Å²) in [5.74, 6) is 0.413. The molecule has 39 heavy (non-hydrogen) atoms. The topological polar surface area (TPSA) is 76.8 Å². The van der Waals surface area contributed by atoms with Crippen LogP contribution in [0, 0.1) is 0 Å². The van der Waals surface area contributed by atoms with Crippen molar-refractivity contribution in [3.63, 3.8) is 0 Å². The first kappa shape index (κ1) is 28.0. The fraction of sp³-hybridized carbons (Fsp3) is 0.226. The summed E-state index contributed by atoms with van der Waals surface area (Å²) < 4.78 is 13.8. The second-order valence-corrected chi connectivity index (χ2v) is 9.49. The number of rotatable bonds is 8. The van der Waals surface area contributed by atoms with Crippen LogP contribution in [0.3, 0.4) is 0 Å². The molecule has 0 saturated heterocycles. The summed E-state index contributed by atoms with van der Waals surface area (Å²) in [4.78, 5) is 19.6. The predicted molar refractivity (Wildman–Crippen MR) is 157 cm³/mol. The van der Waals surface area contributed by atoms with E-state index >= 15 is 0 Å². The number of aromatic hydroxyl groups is 1. The number of hydrogen-bond donors (Lipinski definition) is 1. The summed E-state index contributed by atoms with van der Waals surface area (Å²) in [5, 5.41) is 14.2. The summed E-state index contributed by atoms with van der Waals surface area (Å²) >= 11 is 0. The van der Waals surface area contributed by atoms with Gasteiger partial charge in [0.15, 0.2) is 0 Å². The standard InChI is InChI=1S/C31H31N3O4.ClH/c1-5-37-31(36)29-26(19-38-27-14-8-11-20-10-6-7-13-22(20)27)34(4)25-16-23(21-12-9-15-32-17-21)30(35)24(28(25)29)18-33(2)3;/h6-17,35H,5,18-19H2,1-4H3;1H. The lowest BCUT2D eigenvalue weighted by atomic mass is 9.96. The third-order valence-electron chi connectivity index (χ3n) is 6.73. The molecular weight excluding hydrogens is 514 g/mol. The molecule has 1 N–H and O–H groups in total. The molecule has 8 heteroatoms. The molecule has 0 fully saturated rings. The predicted octanol–water partition coefficient (Wildman–Crippen LogP) is 6.34. The monoisotopic (exact) mass is 545 g/mol. The molecule has 202 valence electrons. The normalized spacial score (nSPS) is 11.1. The number of phenols is 1. The van der Waals surface area contributed by atoms with Gasteiger partial charge in [-0.25, -0.2) is 4.79 Å². The van der Waals surface area contributed by atoms with Gasteiger partial charge in [0.1, 0.15) is 18.1 Å². The summed E-state index contributed by atoms with van der Waals surface area (Å²) in [6, 6.07) is 19.6. The first-order valence-electron chi connectivity index (χ1n) is 12.6. The Morgan fingerprint density at radius 2 is 1.85 bits per heavy atom. The van der Waals surface area contributed by atoms with Crippen molar-refractivity contribution in [2.24, 2.45) is 7.05 Å². The van der Waals surface area contributed by atoms with E-state index in [-0.39, 0.29) is 31.4 Å². The van der Waals surface area contributed by atoms with Crippen molar-refractivity contribution in [3.05, 3.63) is 89.9 Å². The molecule has 5 aromatic rings. The first-order valence-corrected chi connectivity index (χ1v) is 12.6. The molecule has 2 heterocycles. The maximum absolute atomic E-state index is 13.4. The van der Waals surface area contributed by atoms with Crippen LogP contribution < -0.4 is 4.74 Å². The first-order chi connectivity index (χ1) is 18.4. The molecule has 0 amide bonds. The van der Waals surface area contributed by atoms with Crippen molar-refractivity contribution in [2.75, 3.05) is 20.7 Å². The zero-order valence-corrected chi connectivity index (χ0v) is 23.3. The average Bonchev–Trinajstić information content (AvgIpc) is 3.20. The molecule has 0 aliphatic heterocycles. The van der Waals surface area contributed by atoms with Crippen molar-refractivity contribution in [1.29, 1.82) is 0 Å². The third-order valence-corrected chi connectivity index (χ3v) is 6.73. The van der Waals surface area contributed by atoms with Crippen molar-refractivity contribution in [2.45, 2.75) is 20.1 Å². The quantitative estimate of drug-likeness (QED) is 0.229. The molecule has 0 aliphatic carbocycles. The Morgan fingerprint density at radius 3 is 2.56 bits per heavy atom. The Balaban J connectivity index is 0.00000353. The molecule has 3 aromatic carbocycles. The second-order valence-electron chi connectivity index (χ2n) is 9.49. The van der Waals surface area contributed by atoms with Crippen LogP contribution in [0.5, 0.6) is 11.5 Å². The fourth-order valence-corrected chi connectivity index (χ4v) is 4.99. The number of esters is 1. The molecule has 0 saturated carbocycles. The van der Waals surface area contributed by atoms with E-state index < -0.39 is 5.97 Å². The average molecular weight is 546 g/mol. The van der Waals surface area contributed by atoms with Gasteiger partial charge in [-0.15, -0.1) is 12.4 Å². The van der Waals surface area contributed by atoms with E-state index in [1.54, 1.807) is 19.3 Å². The van der Waals surface area contributed by atoms with Crippen LogP contribution in [0.4, 0.5) is 0 Å². The number of halogens is 1. The second kappa shape index (κ2) is 11.8. The van der Waals surface area contributed by atoms with Gasteiger partial charge in [0.25, 0.3) is 0 Å². The van der Waals surface area contributed by atoms with Gasteiger partial charge < -0.3 is 24.0 Å². The number of ether oxygens (including phenoxy) is 2. The number of hydrogen-bond acceptors (Lipinski definition) is 6. The molecule has 5 rings (SSSR count). The minimum atomic E-state index is -0.442. The summed E-state index contributed by atoms with van der Waals surface area (Å²) in [6.45, 7) is 2.60. The van der Waals surface area contributed by atoms with Gasteiger partial charge in [-0.1, -0.05) is 42.5 Å². The highest BCUT2D eigenvalue weighted by Crippen LogP contribution is 2.42. The number of carbonyl (C=O) groups is 1. The molecule has 7 nitrogen and oxygen atoms in total. The van der Waals surface area contributed by atoms with Crippen LogP contribution in [0.25, 0.3) is 32.8 Å². The Kier molecular flexibility index (Phi) is 8.43. The molecule has 0 radical (unpaired) electrons. The van der Waals surface area contributed by atoms with Crippen LogP contribution in [0.15, 0.2) is 73.1 Å². The highest BCUT2D eigenvalue weighted by Gasteiger charge is 2.28. The Morgan fingerprint density at radius 1 is 1.08 bits per heavy atom. The molecule has 0 aliphatic rings. The smallest absolute Gasteiger partial charge is 0.340 e. The number of nitrogens with zero attached hydrogens (tertiary/aromatic N) is 3. The van der Waals surface area contributed by atoms with E-state index in [1.165, 1.54) is 0 Å². The lowest BCUT2D eigenvalue weighted by Crippen LogP contribution is -2.14. The molecule has 0 bridgehead atoms. The zero-order chi connectivity index (χ0) is 26.8. The van der Waals surface area contributed by atoms with Gasteiger partial charge in [0.2, 0.25) is 0 Å². The SMILES string of the molecule is CCOC(=O)c1c(COc2cccc3ccccc23)n(C)c2cc(-c3cccnc3)c(O)c(CN(C)C)c12.Cl. The summed E-state index contributed by atoms with van der Waals surface area (Å²) in [6.07, 6.45) is 3.42. The largest absolute Gasteiger partial charge is 0.507 e. The minimum Gasteiger partial charge on any atom is -0.507 e. The van der Waals surface area contributed by atoms with Crippen molar-refractivity contribution in [1.82, 2.24) is 14.5 Å². The van der Waals surface area contributed by atoms with E-state index in [4.69, 9.17) is 9.47 Å². The number of fused-ring (bicyclic) bond motifs is 2. The fourth-order valence-electron chi connectivity index (χ4n) is 4.99. The van der Waals surface area contributed by atoms with Crippen LogP contribution in [0.2, 0.25) is 0 Å². The van der Waals surface area contributed by atoms with Crippen LogP contribution in [-0.2, 0) is 24.9 Å². The van der Waals surface area contributed by atoms with Crippen LogP contribution in [0.1, 0.15) is 28.5 Å². The molecule has 2 aromatic heterocycles. The maximum Gasteiger partial charge on any atom is 0.340 e. The Hall–Kier alpha value is -4.07. The molecule has 0 atom stereocenters. The number of aromatic nitrogens is 2. The molecule has 0 unspecified atom stereocenters. The van der Waals surface area contributed by atoms with Gasteiger partial charge in [-0.3, -0.25) is 4.98 Å². The van der Waals surface area contributed by atoms with Crippen molar-refractivity contribution in [3.8, 4) is 22.6 Å². The van der Waals surface area contributed by atoms with E-state index in [0.29, 0.717) is 34.3 Å². The Bertz CT molecular complexity index is 1630. The van der Waals surface area contributed by atoms with Gasteiger partial charge in [0.05, 0.1) is 23.4 Å². The van der Waals surface area contributed by atoms with E-state index in [1.807, 2.05) is 91.3 Å². The van der Waals surface area contributed by atoms with Gasteiger partial charge in [-0.2, -0.15) is 0 Å². The lowest BCUT2D eigenvalue weighted by molar-refractivity contribution is 0.0525. The van der Waals surface area contributed by atoms with Crippen molar-refractivity contribution >= 4 is 40.1 Å². The van der Waals surface area contributed by atoms with Crippen LogP contribution in [-0.4, -0.2) is 46.2 Å². The number of carbonyl (C=O) groups excluding carboxylic acids is 1. The van der Waals surface area contributed by atoms with E-state index in [9.17, 15) is 9.90 Å². The number of pyridine rings is 1. The van der Waals surface area contributed by atoms with Gasteiger partial charge >= 0.3 is 5.97 Å². The number of phenolic OH excluding ortho intramolecular Hbond substituents is 1. The van der Waals surface area contributed by atoms with Gasteiger partial charge in [0, 0.05) is 53.4 Å². The highest BCUT2D eigenvalue weighted by atomic mass is 35.5. The summed E-state index contributed by atoms with van der Waals surface area (Å²) in [5.41, 5.74) is 3.99. The van der Waals surface area contributed by atoms with E-state index in [0.717, 1.165) is 27.6 Å². The van der Waals surface area contributed by atoms with E-state index in [2.05, 4.69) is 4.98 Å². The summed E-state index contributed by atoms with van der Waals surface area (Å²) in [7, 11) is 5.77. The number of aryl methyl sites for hydroxylation is 1. The third kappa shape index (κ3) is 5.28. The Labute approximate surface area is 234 Å². The van der Waals surface area contributed by atoms with Crippen molar-refractivity contribution < 1.29 is 19.4 Å². The molecular formula is C31H32ClN3O4. The molecule has 0 spiro atoms. The maximum atomic E-state index is 13.4. The van der Waals surface area contributed by atoms with Crippen LogP contribution >= 0.6 is 12.4 Å². The zero-order valence-electron chi connectivity index (χ0n) is 22.5. The highest BCUT2D eigenvalue weighted by molar-refractivity contribution is 6.09.